The molecule has 2 bridgehead atoms. The number of hydrogen-bond acceptors (Lipinski definition) is 5. The smallest absolute Gasteiger partial charge is 0.338 e. The zero-order chi connectivity index (χ0) is 13.4. The van der Waals surface area contributed by atoms with Crippen molar-refractivity contribution in [2.45, 2.75) is 28.5 Å². The zero-order valence-electron chi connectivity index (χ0n) is 9.94. The summed E-state index contributed by atoms with van der Waals surface area (Å²) in [4.78, 5) is 12.0. The maximum Gasteiger partial charge on any atom is 0.338 e. The number of halogens is 1. The lowest BCUT2D eigenvalue weighted by molar-refractivity contribution is -0.188. The highest BCUT2D eigenvalue weighted by Gasteiger charge is 2.51. The van der Waals surface area contributed by atoms with E-state index in [2.05, 4.69) is 22.6 Å². The molecule has 0 aromatic heterocycles. The van der Waals surface area contributed by atoms with Crippen molar-refractivity contribution < 1.29 is 24.1 Å². The maximum absolute atomic E-state index is 12.0. The Bertz CT molecular complexity index is 465. The fourth-order valence-electron chi connectivity index (χ4n) is 2.23. The van der Waals surface area contributed by atoms with Gasteiger partial charge in [-0.2, -0.15) is 0 Å². The summed E-state index contributed by atoms with van der Waals surface area (Å²) in [6.07, 6.45) is -2.36. The molecule has 19 heavy (non-hydrogen) atoms. The average molecular weight is 376 g/mol. The van der Waals surface area contributed by atoms with Crippen molar-refractivity contribution in [1.29, 1.82) is 0 Å². The maximum atomic E-state index is 12.0. The van der Waals surface area contributed by atoms with Gasteiger partial charge in [0.1, 0.15) is 6.10 Å². The monoisotopic (exact) mass is 376 g/mol. The third kappa shape index (κ3) is 2.49. The van der Waals surface area contributed by atoms with Crippen LogP contribution in [0, 0.1) is 0 Å². The molecule has 1 N–H and O–H groups in total. The molecule has 0 amide bonds. The molecule has 5 nitrogen and oxygen atoms in total. The van der Waals surface area contributed by atoms with Gasteiger partial charge in [0.25, 0.3) is 0 Å². The van der Waals surface area contributed by atoms with Crippen LogP contribution >= 0.6 is 22.6 Å². The molecule has 0 unspecified atom stereocenters. The summed E-state index contributed by atoms with van der Waals surface area (Å²) < 4.78 is 16.2. The van der Waals surface area contributed by atoms with Gasteiger partial charge in [-0.05, 0) is 12.1 Å². The topological polar surface area (TPSA) is 65.0 Å². The number of rotatable bonds is 2. The molecule has 6 heteroatoms. The van der Waals surface area contributed by atoms with E-state index in [1.807, 2.05) is 6.07 Å². The molecule has 3 rings (SSSR count). The fraction of sp³-hybridized carbons (Fsp3) is 0.462. The SMILES string of the molecule is O=C(O[C@H]1[C@@H]2OC[C@@H](O2)[C@@H](I)[C@@H]1O)c1ccccc1. The first-order valence-electron chi connectivity index (χ1n) is 6.02. The van der Waals surface area contributed by atoms with E-state index in [9.17, 15) is 9.90 Å². The van der Waals surface area contributed by atoms with Gasteiger partial charge < -0.3 is 19.3 Å². The first kappa shape index (κ1) is 13.3. The molecule has 2 saturated heterocycles. The van der Waals surface area contributed by atoms with E-state index in [1.165, 1.54) is 0 Å². The minimum absolute atomic E-state index is 0.132. The fourth-order valence-corrected chi connectivity index (χ4v) is 3.02. The summed E-state index contributed by atoms with van der Waals surface area (Å²) in [5.74, 6) is -0.481. The van der Waals surface area contributed by atoms with E-state index >= 15 is 0 Å². The molecule has 2 aliphatic rings. The molecule has 1 aromatic carbocycles. The normalized spacial score (nSPS) is 37.1. The first-order chi connectivity index (χ1) is 9.16. The highest BCUT2D eigenvalue weighted by molar-refractivity contribution is 14.1. The van der Waals surface area contributed by atoms with Gasteiger partial charge in [0, 0.05) is 0 Å². The van der Waals surface area contributed by atoms with Crippen LogP contribution in [0.5, 0.6) is 0 Å². The standard InChI is InChI=1S/C13H13IO5/c14-9-8-6-17-13(18-8)11(10(9)15)19-12(16)7-4-2-1-3-5-7/h1-5,8-11,13,15H,6H2/t8-,9-,10+,11-,13-/m1/s1. The Hall–Kier alpha value is -0.700. The second kappa shape index (κ2) is 5.35. The van der Waals surface area contributed by atoms with Crippen molar-refractivity contribution in [2.75, 3.05) is 6.61 Å². The molecule has 0 radical (unpaired) electrons. The van der Waals surface area contributed by atoms with Crippen molar-refractivity contribution in [1.82, 2.24) is 0 Å². The number of aliphatic hydroxyl groups is 1. The number of esters is 1. The molecule has 2 fully saturated rings. The molecule has 2 heterocycles. The van der Waals surface area contributed by atoms with Crippen LogP contribution < -0.4 is 0 Å². The molecule has 5 atom stereocenters. The van der Waals surface area contributed by atoms with Gasteiger partial charge in [0.2, 0.25) is 0 Å². The van der Waals surface area contributed by atoms with Gasteiger partial charge in [0.15, 0.2) is 12.4 Å². The number of fused-ring (bicyclic) bond motifs is 2. The van der Waals surface area contributed by atoms with Gasteiger partial charge in [-0.25, -0.2) is 4.79 Å². The molecule has 1 aromatic rings. The summed E-state index contributed by atoms with van der Waals surface area (Å²) in [6.45, 7) is 0.425. The van der Waals surface area contributed by atoms with Gasteiger partial charge in [0.05, 0.1) is 22.2 Å². The van der Waals surface area contributed by atoms with Gasteiger partial charge in [-0.3, -0.25) is 0 Å². The van der Waals surface area contributed by atoms with Crippen molar-refractivity contribution >= 4 is 28.6 Å². The summed E-state index contributed by atoms with van der Waals surface area (Å²) >= 11 is 2.10. The van der Waals surface area contributed by atoms with E-state index in [4.69, 9.17) is 14.2 Å². The number of ether oxygens (including phenoxy) is 3. The number of aliphatic hydroxyl groups excluding tert-OH is 1. The van der Waals surface area contributed by atoms with Crippen LogP contribution in [-0.2, 0) is 14.2 Å². The van der Waals surface area contributed by atoms with E-state index in [-0.39, 0.29) is 10.0 Å². The lowest BCUT2D eigenvalue weighted by atomic mass is 10.0. The molecule has 0 saturated carbocycles. The van der Waals surface area contributed by atoms with Crippen molar-refractivity contribution in [3.63, 3.8) is 0 Å². The summed E-state index contributed by atoms with van der Waals surface area (Å²) in [5.41, 5.74) is 0.444. The predicted molar refractivity (Wildman–Crippen MR) is 74.1 cm³/mol. The van der Waals surface area contributed by atoms with Crippen molar-refractivity contribution in [3.05, 3.63) is 35.9 Å². The number of benzene rings is 1. The number of alkyl halides is 1. The van der Waals surface area contributed by atoms with Crippen LogP contribution in [-0.4, -0.2) is 46.2 Å². The third-order valence-electron chi connectivity index (χ3n) is 3.27. The summed E-state index contributed by atoms with van der Waals surface area (Å²) in [6, 6.07) is 8.67. The van der Waals surface area contributed by atoms with Crippen LogP contribution in [0.1, 0.15) is 10.4 Å². The van der Waals surface area contributed by atoms with Gasteiger partial charge in [-0.1, -0.05) is 40.8 Å². The molecular formula is C13H13IO5. The van der Waals surface area contributed by atoms with Crippen molar-refractivity contribution in [2.24, 2.45) is 0 Å². The molecular weight excluding hydrogens is 363 g/mol. The largest absolute Gasteiger partial charge is 0.451 e. The van der Waals surface area contributed by atoms with Gasteiger partial charge >= 0.3 is 5.97 Å². The third-order valence-corrected chi connectivity index (χ3v) is 4.81. The molecule has 0 aliphatic carbocycles. The van der Waals surface area contributed by atoms with E-state index in [0.717, 1.165) is 0 Å². The second-order valence-electron chi connectivity index (χ2n) is 4.55. The second-order valence-corrected chi connectivity index (χ2v) is 5.99. The Labute approximate surface area is 124 Å². The van der Waals surface area contributed by atoms with Crippen molar-refractivity contribution in [3.8, 4) is 0 Å². The molecule has 102 valence electrons. The Morgan fingerprint density at radius 2 is 2.11 bits per heavy atom. The molecule has 2 aliphatic heterocycles. The van der Waals surface area contributed by atoms with Crippen LogP contribution in [0.15, 0.2) is 30.3 Å². The first-order valence-corrected chi connectivity index (χ1v) is 7.26. The van der Waals surface area contributed by atoms with E-state index < -0.39 is 24.5 Å². The van der Waals surface area contributed by atoms with Crippen LogP contribution in [0.25, 0.3) is 0 Å². The number of carbonyl (C=O) groups is 1. The van der Waals surface area contributed by atoms with Crippen LogP contribution in [0.4, 0.5) is 0 Å². The quantitative estimate of drug-likeness (QED) is 0.477. The Morgan fingerprint density at radius 3 is 2.84 bits per heavy atom. The van der Waals surface area contributed by atoms with Crippen LogP contribution in [0.2, 0.25) is 0 Å². The number of carbonyl (C=O) groups excluding carboxylic acids is 1. The highest BCUT2D eigenvalue weighted by Crippen LogP contribution is 2.34. The van der Waals surface area contributed by atoms with E-state index in [0.29, 0.717) is 12.2 Å². The average Bonchev–Trinajstić information content (AvgIpc) is 2.89. The Kier molecular flexibility index (Phi) is 3.75. The zero-order valence-corrected chi connectivity index (χ0v) is 12.1. The predicted octanol–water partition coefficient (Wildman–Crippen LogP) is 1.13. The molecule has 0 spiro atoms. The van der Waals surface area contributed by atoms with E-state index in [1.54, 1.807) is 24.3 Å². The Balaban J connectivity index is 1.74. The number of hydrogen-bond donors (Lipinski definition) is 1. The van der Waals surface area contributed by atoms with Crippen LogP contribution in [0.3, 0.4) is 0 Å². The lowest BCUT2D eigenvalue weighted by Crippen LogP contribution is -2.53. The summed E-state index contributed by atoms with van der Waals surface area (Å²) in [7, 11) is 0. The van der Waals surface area contributed by atoms with Gasteiger partial charge in [-0.15, -0.1) is 0 Å². The lowest BCUT2D eigenvalue weighted by Gasteiger charge is -2.34. The Morgan fingerprint density at radius 1 is 1.37 bits per heavy atom. The minimum atomic E-state index is -0.784. The minimum Gasteiger partial charge on any atom is -0.451 e. The summed E-state index contributed by atoms with van der Waals surface area (Å²) in [5, 5.41) is 10.2. The highest BCUT2D eigenvalue weighted by atomic mass is 127.